The maximum absolute atomic E-state index is 9.63. The Labute approximate surface area is 102 Å². The Balaban J connectivity index is 2.99. The van der Waals surface area contributed by atoms with Crippen molar-refractivity contribution in [1.82, 2.24) is 0 Å². The number of methoxy groups -OCH3 is 2. The van der Waals surface area contributed by atoms with E-state index in [1.807, 2.05) is 30.3 Å². The Hall–Kier alpha value is -0.940. The molecule has 0 fully saturated rings. The fraction of sp³-hybridized carbons (Fsp3) is 0.538. The second-order valence-electron chi connectivity index (χ2n) is 4.04. The Morgan fingerprint density at radius 2 is 1.88 bits per heavy atom. The molecule has 0 aliphatic heterocycles. The van der Waals surface area contributed by atoms with Gasteiger partial charge in [-0.3, -0.25) is 0 Å². The van der Waals surface area contributed by atoms with Crippen LogP contribution in [0.25, 0.3) is 0 Å². The lowest BCUT2D eigenvalue weighted by Gasteiger charge is -2.33. The van der Waals surface area contributed by atoms with Gasteiger partial charge in [0.05, 0.1) is 19.3 Å². The van der Waals surface area contributed by atoms with Crippen LogP contribution in [0.1, 0.15) is 12.0 Å². The van der Waals surface area contributed by atoms with E-state index in [9.17, 15) is 5.11 Å². The van der Waals surface area contributed by atoms with Gasteiger partial charge in [-0.2, -0.15) is 0 Å². The zero-order valence-corrected chi connectivity index (χ0v) is 10.3. The molecule has 1 rings (SSSR count). The van der Waals surface area contributed by atoms with Crippen molar-refractivity contribution in [2.24, 2.45) is 0 Å². The predicted octanol–water partition coefficient (Wildman–Crippen LogP) is 0.918. The Kier molecular flexibility index (Phi) is 5.58. The van der Waals surface area contributed by atoms with E-state index in [0.29, 0.717) is 6.61 Å². The lowest BCUT2D eigenvalue weighted by molar-refractivity contribution is -0.101. The Morgan fingerprint density at radius 3 is 2.35 bits per heavy atom. The fourth-order valence-corrected chi connectivity index (χ4v) is 1.94. The number of rotatable bonds is 7. The minimum atomic E-state index is -0.828. The second kappa shape index (κ2) is 6.71. The summed E-state index contributed by atoms with van der Waals surface area (Å²) in [6, 6.07) is 9.58. The highest BCUT2D eigenvalue weighted by atomic mass is 16.5. The van der Waals surface area contributed by atoms with E-state index in [2.05, 4.69) is 0 Å². The molecule has 0 heterocycles. The minimum absolute atomic E-state index is 0.290. The molecule has 2 atom stereocenters. The standard InChI is InChI=1S/C13H20O4/c1-16-10-13(17-2,8-12(15)9-14)11-6-4-3-5-7-11/h3-7,12,14-15H,8-10H2,1-2H3. The maximum atomic E-state index is 9.63. The van der Waals surface area contributed by atoms with Crippen LogP contribution in [0.5, 0.6) is 0 Å². The van der Waals surface area contributed by atoms with E-state index in [0.717, 1.165) is 5.56 Å². The summed E-state index contributed by atoms with van der Waals surface area (Å²) >= 11 is 0. The van der Waals surface area contributed by atoms with E-state index in [4.69, 9.17) is 14.6 Å². The highest BCUT2D eigenvalue weighted by molar-refractivity contribution is 5.23. The van der Waals surface area contributed by atoms with Crippen molar-refractivity contribution < 1.29 is 19.7 Å². The van der Waals surface area contributed by atoms with Gasteiger partial charge in [0.1, 0.15) is 5.60 Å². The zero-order valence-electron chi connectivity index (χ0n) is 10.3. The molecule has 0 amide bonds. The number of hydrogen-bond acceptors (Lipinski definition) is 4. The molecule has 1 aromatic rings. The average molecular weight is 240 g/mol. The summed E-state index contributed by atoms with van der Waals surface area (Å²) in [6.45, 7) is 0.0340. The SMILES string of the molecule is COCC(CC(O)CO)(OC)c1ccccc1. The van der Waals surface area contributed by atoms with Crippen molar-refractivity contribution >= 4 is 0 Å². The first kappa shape index (κ1) is 14.1. The topological polar surface area (TPSA) is 58.9 Å². The van der Waals surface area contributed by atoms with Crippen LogP contribution in [0.3, 0.4) is 0 Å². The average Bonchev–Trinajstić information content (AvgIpc) is 2.39. The minimum Gasteiger partial charge on any atom is -0.394 e. The molecule has 2 unspecified atom stereocenters. The molecular weight excluding hydrogens is 220 g/mol. The number of aliphatic hydroxyl groups excluding tert-OH is 2. The molecule has 0 bridgehead atoms. The lowest BCUT2D eigenvalue weighted by Crippen LogP contribution is -2.38. The van der Waals surface area contributed by atoms with E-state index in [-0.39, 0.29) is 13.0 Å². The quantitative estimate of drug-likeness (QED) is 0.744. The normalized spacial score (nSPS) is 16.5. The van der Waals surface area contributed by atoms with Crippen LogP contribution in [-0.4, -0.2) is 43.8 Å². The Morgan fingerprint density at radius 1 is 1.24 bits per heavy atom. The highest BCUT2D eigenvalue weighted by Crippen LogP contribution is 2.30. The third-order valence-electron chi connectivity index (χ3n) is 2.84. The number of aliphatic hydroxyl groups is 2. The summed E-state index contributed by atoms with van der Waals surface area (Å²) in [5, 5.41) is 18.6. The molecule has 0 saturated heterocycles. The van der Waals surface area contributed by atoms with Crippen molar-refractivity contribution in [2.45, 2.75) is 18.1 Å². The molecule has 0 saturated carbocycles. The van der Waals surface area contributed by atoms with Gasteiger partial charge in [0.25, 0.3) is 0 Å². The van der Waals surface area contributed by atoms with Crippen molar-refractivity contribution in [1.29, 1.82) is 0 Å². The third kappa shape index (κ3) is 3.51. The van der Waals surface area contributed by atoms with Crippen molar-refractivity contribution in [3.63, 3.8) is 0 Å². The van der Waals surface area contributed by atoms with Gasteiger partial charge in [-0.25, -0.2) is 0 Å². The summed E-state index contributed by atoms with van der Waals surface area (Å²) in [4.78, 5) is 0. The predicted molar refractivity (Wildman–Crippen MR) is 64.7 cm³/mol. The van der Waals surface area contributed by atoms with Gasteiger partial charge in [0.2, 0.25) is 0 Å². The number of benzene rings is 1. The molecular formula is C13H20O4. The van der Waals surface area contributed by atoms with Crippen molar-refractivity contribution in [3.8, 4) is 0 Å². The van der Waals surface area contributed by atoms with Gasteiger partial charge in [-0.05, 0) is 5.56 Å². The lowest BCUT2D eigenvalue weighted by atomic mass is 9.88. The van der Waals surface area contributed by atoms with Crippen LogP contribution >= 0.6 is 0 Å². The van der Waals surface area contributed by atoms with Crippen molar-refractivity contribution in [2.75, 3.05) is 27.4 Å². The van der Waals surface area contributed by atoms with Crippen LogP contribution in [0.4, 0.5) is 0 Å². The van der Waals surface area contributed by atoms with Crippen molar-refractivity contribution in [3.05, 3.63) is 35.9 Å². The monoisotopic (exact) mass is 240 g/mol. The molecule has 0 aliphatic rings. The van der Waals surface area contributed by atoms with Gasteiger partial charge >= 0.3 is 0 Å². The molecule has 0 aromatic heterocycles. The first-order valence-electron chi connectivity index (χ1n) is 5.57. The van der Waals surface area contributed by atoms with E-state index < -0.39 is 11.7 Å². The first-order chi connectivity index (χ1) is 8.18. The molecule has 96 valence electrons. The van der Waals surface area contributed by atoms with Gasteiger partial charge in [-0.15, -0.1) is 0 Å². The first-order valence-corrected chi connectivity index (χ1v) is 5.57. The van der Waals surface area contributed by atoms with Gasteiger partial charge in [0.15, 0.2) is 0 Å². The zero-order chi connectivity index (χ0) is 12.7. The van der Waals surface area contributed by atoms with Crippen LogP contribution in [0, 0.1) is 0 Å². The number of ether oxygens (including phenoxy) is 2. The molecule has 4 heteroatoms. The van der Waals surface area contributed by atoms with Crippen LogP contribution in [-0.2, 0) is 15.1 Å². The third-order valence-corrected chi connectivity index (χ3v) is 2.84. The Bertz CT molecular complexity index is 314. The molecule has 2 N–H and O–H groups in total. The van der Waals surface area contributed by atoms with Gasteiger partial charge in [0, 0.05) is 20.6 Å². The van der Waals surface area contributed by atoms with Crippen LogP contribution < -0.4 is 0 Å². The summed E-state index contributed by atoms with van der Waals surface area (Å²) in [7, 11) is 3.16. The van der Waals surface area contributed by atoms with E-state index in [1.54, 1.807) is 14.2 Å². The summed E-state index contributed by atoms with van der Waals surface area (Å²) in [5.41, 5.74) is 0.204. The van der Waals surface area contributed by atoms with Crippen LogP contribution in [0.15, 0.2) is 30.3 Å². The largest absolute Gasteiger partial charge is 0.394 e. The summed E-state index contributed by atoms with van der Waals surface area (Å²) < 4.78 is 10.7. The molecule has 4 nitrogen and oxygen atoms in total. The van der Waals surface area contributed by atoms with Gasteiger partial charge < -0.3 is 19.7 Å². The molecule has 17 heavy (non-hydrogen) atoms. The second-order valence-corrected chi connectivity index (χ2v) is 4.04. The number of hydrogen-bond donors (Lipinski definition) is 2. The maximum Gasteiger partial charge on any atom is 0.118 e. The van der Waals surface area contributed by atoms with E-state index >= 15 is 0 Å². The molecule has 0 radical (unpaired) electrons. The highest BCUT2D eigenvalue weighted by Gasteiger charge is 2.34. The molecule has 0 aliphatic carbocycles. The molecule has 0 spiro atoms. The van der Waals surface area contributed by atoms with Crippen LogP contribution in [0.2, 0.25) is 0 Å². The van der Waals surface area contributed by atoms with E-state index in [1.165, 1.54) is 0 Å². The molecule has 1 aromatic carbocycles. The van der Waals surface area contributed by atoms with Gasteiger partial charge in [-0.1, -0.05) is 30.3 Å². The summed E-state index contributed by atoms with van der Waals surface area (Å²) in [5.74, 6) is 0. The fourth-order valence-electron chi connectivity index (χ4n) is 1.94. The smallest absolute Gasteiger partial charge is 0.118 e. The summed E-state index contributed by atoms with van der Waals surface area (Å²) in [6.07, 6.45) is -0.539.